The molecule has 5 heteroatoms. The Hall–Kier alpha value is -1.10. The molecule has 0 amide bonds. The molecule has 2 nitrogen and oxygen atoms in total. The quantitative estimate of drug-likeness (QED) is 0.708. The van der Waals surface area contributed by atoms with Crippen LogP contribution < -0.4 is 5.73 Å². The van der Waals surface area contributed by atoms with Gasteiger partial charge in [-0.15, -0.1) is 0 Å². The molecule has 0 unspecified atom stereocenters. The Morgan fingerprint density at radius 3 is 2.50 bits per heavy atom. The summed E-state index contributed by atoms with van der Waals surface area (Å²) >= 11 is 0. The Balaban J connectivity index is 3.25. The highest BCUT2D eigenvalue weighted by atomic mass is 19.4. The fraction of sp³-hybridized carbons (Fsp3) is 0.444. The summed E-state index contributed by atoms with van der Waals surface area (Å²) in [5.41, 5.74) is 4.32. The largest absolute Gasteiger partial charge is 0.416 e. The van der Waals surface area contributed by atoms with Crippen LogP contribution in [0.2, 0.25) is 0 Å². The van der Waals surface area contributed by atoms with Gasteiger partial charge >= 0.3 is 6.18 Å². The number of halogens is 3. The van der Waals surface area contributed by atoms with Crippen molar-refractivity contribution in [3.8, 4) is 0 Å². The predicted molar refractivity (Wildman–Crippen MR) is 45.5 cm³/mol. The number of nitrogens with two attached hydrogens (primary N) is 1. The first kappa shape index (κ1) is 11.0. The molecular formula is C9H10F3NO. The molecule has 0 aromatic heterocycles. The lowest BCUT2D eigenvalue weighted by atomic mass is 9.91. The van der Waals surface area contributed by atoms with E-state index < -0.39 is 17.5 Å². The monoisotopic (exact) mass is 205 g/mol. The van der Waals surface area contributed by atoms with Gasteiger partial charge < -0.3 is 5.73 Å². The minimum Gasteiger partial charge on any atom is -0.326 e. The molecule has 0 atom stereocenters. The average molecular weight is 205 g/mol. The second-order valence-corrected chi connectivity index (χ2v) is 3.18. The van der Waals surface area contributed by atoms with Gasteiger partial charge in [-0.3, -0.25) is 4.79 Å². The van der Waals surface area contributed by atoms with Crippen LogP contribution in [0.3, 0.4) is 0 Å². The number of ketones is 1. The molecule has 0 heterocycles. The van der Waals surface area contributed by atoms with Crippen LogP contribution in [0.1, 0.15) is 13.3 Å². The minimum absolute atomic E-state index is 0.0338. The highest BCUT2D eigenvalue weighted by molar-refractivity contribution is 6.00. The molecule has 0 saturated heterocycles. The molecule has 78 valence electrons. The van der Waals surface area contributed by atoms with Gasteiger partial charge in [0.25, 0.3) is 0 Å². The van der Waals surface area contributed by atoms with Gasteiger partial charge in [-0.1, -0.05) is 11.6 Å². The van der Waals surface area contributed by atoms with E-state index in [0.717, 1.165) is 6.08 Å². The fourth-order valence-electron chi connectivity index (χ4n) is 1.37. The maximum Gasteiger partial charge on any atom is 0.416 e. The summed E-state index contributed by atoms with van der Waals surface area (Å²) in [7, 11) is 0. The third-order valence-corrected chi connectivity index (χ3v) is 2.00. The van der Waals surface area contributed by atoms with Crippen LogP contribution in [0.4, 0.5) is 13.2 Å². The van der Waals surface area contributed by atoms with Gasteiger partial charge in [-0.05, 0) is 6.92 Å². The van der Waals surface area contributed by atoms with Gasteiger partial charge in [0.1, 0.15) is 0 Å². The lowest BCUT2D eigenvalue weighted by Crippen LogP contribution is -2.25. The van der Waals surface area contributed by atoms with Crippen molar-refractivity contribution in [3.63, 3.8) is 0 Å². The van der Waals surface area contributed by atoms with Crippen LogP contribution in [-0.2, 0) is 4.79 Å². The van der Waals surface area contributed by atoms with Gasteiger partial charge in [-0.2, -0.15) is 13.2 Å². The van der Waals surface area contributed by atoms with E-state index in [2.05, 4.69) is 0 Å². The van der Waals surface area contributed by atoms with E-state index in [9.17, 15) is 18.0 Å². The second kappa shape index (κ2) is 3.57. The van der Waals surface area contributed by atoms with E-state index in [1.165, 1.54) is 6.92 Å². The molecule has 1 rings (SSSR count). The SMILES string of the molecule is CC1=CC(C(F)(F)F)=C(CN)C(=O)C1. The molecule has 0 fully saturated rings. The maximum absolute atomic E-state index is 12.4. The van der Waals surface area contributed by atoms with E-state index in [-0.39, 0.29) is 18.5 Å². The van der Waals surface area contributed by atoms with Crippen molar-refractivity contribution in [2.45, 2.75) is 19.5 Å². The van der Waals surface area contributed by atoms with Crippen molar-refractivity contribution in [1.29, 1.82) is 0 Å². The zero-order valence-corrected chi connectivity index (χ0v) is 7.61. The smallest absolute Gasteiger partial charge is 0.326 e. The highest BCUT2D eigenvalue weighted by Crippen LogP contribution is 2.33. The van der Waals surface area contributed by atoms with Gasteiger partial charge in [0, 0.05) is 18.5 Å². The molecule has 1 aliphatic carbocycles. The van der Waals surface area contributed by atoms with E-state index in [1.807, 2.05) is 0 Å². The Kier molecular flexibility index (Phi) is 2.80. The molecule has 0 saturated carbocycles. The van der Waals surface area contributed by atoms with Gasteiger partial charge in [0.15, 0.2) is 5.78 Å². The lowest BCUT2D eigenvalue weighted by molar-refractivity contribution is -0.117. The molecule has 14 heavy (non-hydrogen) atoms. The first-order chi connectivity index (χ1) is 6.36. The summed E-state index contributed by atoms with van der Waals surface area (Å²) in [6.45, 7) is 1.13. The highest BCUT2D eigenvalue weighted by Gasteiger charge is 2.37. The van der Waals surface area contributed by atoms with Gasteiger partial charge in [0.2, 0.25) is 0 Å². The Bertz CT molecular complexity index is 325. The van der Waals surface area contributed by atoms with Crippen molar-refractivity contribution in [3.05, 3.63) is 22.8 Å². The van der Waals surface area contributed by atoms with Gasteiger partial charge in [0.05, 0.1) is 5.57 Å². The third kappa shape index (κ3) is 2.04. The van der Waals surface area contributed by atoms with E-state index >= 15 is 0 Å². The third-order valence-electron chi connectivity index (χ3n) is 2.00. The summed E-state index contributed by atoms with van der Waals surface area (Å²) in [5, 5.41) is 0. The molecule has 0 radical (unpaired) electrons. The van der Waals surface area contributed by atoms with Crippen LogP contribution in [0.15, 0.2) is 22.8 Å². The molecular weight excluding hydrogens is 195 g/mol. The molecule has 0 spiro atoms. The number of carbonyl (C=O) groups is 1. The molecule has 0 bridgehead atoms. The Morgan fingerprint density at radius 2 is 2.07 bits per heavy atom. The van der Waals surface area contributed by atoms with E-state index in [1.54, 1.807) is 0 Å². The first-order valence-electron chi connectivity index (χ1n) is 4.07. The number of allylic oxidation sites excluding steroid dienone is 3. The summed E-state index contributed by atoms with van der Waals surface area (Å²) in [4.78, 5) is 11.2. The lowest BCUT2D eigenvalue weighted by Gasteiger charge is -2.18. The van der Waals surface area contributed by atoms with Crippen LogP contribution >= 0.6 is 0 Å². The maximum atomic E-state index is 12.4. The van der Waals surface area contributed by atoms with Crippen molar-refractivity contribution in [2.75, 3.05) is 6.54 Å². The standard InChI is InChI=1S/C9H10F3NO/c1-5-2-7(9(10,11)12)6(4-13)8(14)3-5/h2H,3-4,13H2,1H3. The molecule has 0 aromatic rings. The minimum atomic E-state index is -4.49. The van der Waals surface area contributed by atoms with Gasteiger partial charge in [-0.25, -0.2) is 0 Å². The second-order valence-electron chi connectivity index (χ2n) is 3.18. The van der Waals surface area contributed by atoms with Crippen LogP contribution in [-0.4, -0.2) is 18.5 Å². The van der Waals surface area contributed by atoms with Crippen molar-refractivity contribution in [2.24, 2.45) is 5.73 Å². The van der Waals surface area contributed by atoms with Crippen molar-refractivity contribution in [1.82, 2.24) is 0 Å². The topological polar surface area (TPSA) is 43.1 Å². The number of hydrogen-bond donors (Lipinski definition) is 1. The molecule has 0 aliphatic heterocycles. The Labute approximate surface area is 79.3 Å². The normalized spacial score (nSPS) is 18.6. The van der Waals surface area contributed by atoms with E-state index in [4.69, 9.17) is 5.73 Å². The predicted octanol–water partition coefficient (Wildman–Crippen LogP) is 1.72. The number of alkyl halides is 3. The van der Waals surface area contributed by atoms with E-state index in [0.29, 0.717) is 5.57 Å². The summed E-state index contributed by atoms with van der Waals surface area (Å²) in [6.07, 6.45) is -3.47. The number of Topliss-reactive ketones (excluding diaryl/α,β-unsaturated/α-hetero) is 1. The van der Waals surface area contributed by atoms with Crippen molar-refractivity contribution >= 4 is 5.78 Å². The fourth-order valence-corrected chi connectivity index (χ4v) is 1.37. The van der Waals surface area contributed by atoms with Crippen LogP contribution in [0.25, 0.3) is 0 Å². The van der Waals surface area contributed by atoms with Crippen LogP contribution in [0.5, 0.6) is 0 Å². The summed E-state index contributed by atoms with van der Waals surface area (Å²) < 4.78 is 37.2. The van der Waals surface area contributed by atoms with Crippen molar-refractivity contribution < 1.29 is 18.0 Å². The molecule has 2 N–H and O–H groups in total. The number of rotatable bonds is 1. The Morgan fingerprint density at radius 1 is 1.50 bits per heavy atom. The zero-order chi connectivity index (χ0) is 10.9. The first-order valence-corrected chi connectivity index (χ1v) is 4.07. The molecule has 0 aromatic carbocycles. The molecule has 1 aliphatic rings. The average Bonchev–Trinajstić information content (AvgIpc) is 2.01. The summed E-state index contributed by atoms with van der Waals surface area (Å²) in [5.74, 6) is -0.528. The zero-order valence-electron chi connectivity index (χ0n) is 7.61. The number of carbonyl (C=O) groups excluding carboxylic acids is 1. The summed E-state index contributed by atoms with van der Waals surface area (Å²) in [6, 6.07) is 0. The number of hydrogen-bond acceptors (Lipinski definition) is 2. The van der Waals surface area contributed by atoms with Crippen LogP contribution in [0, 0.1) is 0 Å².